The van der Waals surface area contributed by atoms with E-state index < -0.39 is 46.8 Å². The summed E-state index contributed by atoms with van der Waals surface area (Å²) in [5, 5.41) is 18.0. The highest BCUT2D eigenvalue weighted by molar-refractivity contribution is 7.22. The molecule has 0 spiro atoms. The smallest absolute Gasteiger partial charge is 0.242 e. The minimum Gasteiger partial charge on any atom is -0.508 e. The summed E-state index contributed by atoms with van der Waals surface area (Å²) in [7, 11) is 3.21. The molecular formula is C42H37ClN4O6S. The van der Waals surface area contributed by atoms with Crippen molar-refractivity contribution in [3.05, 3.63) is 106 Å². The third-order valence-electron chi connectivity index (χ3n) is 12.3. The number of aromatic nitrogens is 2. The molecule has 1 saturated carbocycles. The second kappa shape index (κ2) is 12.4. The van der Waals surface area contributed by atoms with Gasteiger partial charge in [0.2, 0.25) is 23.6 Å². The summed E-state index contributed by atoms with van der Waals surface area (Å²) in [5.74, 6) is -4.26. The number of fused-ring (bicyclic) bond motifs is 5. The summed E-state index contributed by atoms with van der Waals surface area (Å²) in [5.41, 5.74) is 2.24. The number of likely N-dealkylation sites (tertiary alicyclic amines) is 1. The van der Waals surface area contributed by atoms with Gasteiger partial charge in [0.05, 0.1) is 41.7 Å². The van der Waals surface area contributed by atoms with Crippen molar-refractivity contribution in [3.63, 3.8) is 0 Å². The molecule has 0 radical (unpaired) electrons. The van der Waals surface area contributed by atoms with Gasteiger partial charge in [0.15, 0.2) is 0 Å². The molecule has 0 bridgehead atoms. The number of methoxy groups -OCH3 is 1. The third-order valence-corrected chi connectivity index (χ3v) is 13.8. The first kappa shape index (κ1) is 34.5. The summed E-state index contributed by atoms with van der Waals surface area (Å²) in [6.07, 6.45) is 2.46. The Labute approximate surface area is 320 Å². The number of halogens is 1. The SMILES string of the molecule is COc1cccc(O)c1[C@H]1C2=CC[C@@H]3C(=O)N(Cc4ccccc4)C(=O)[C@@H]3[C@@H]2C[C@H]2C(=O)N(c3cc(-c4sc5ccc(Cl)cc5c4C)nn3C)C(=O)[C@@]12C. The van der Waals surface area contributed by atoms with Gasteiger partial charge in [-0.05, 0) is 79.5 Å². The molecule has 5 aromatic rings. The van der Waals surface area contributed by atoms with E-state index in [1.54, 1.807) is 54.3 Å². The molecule has 9 rings (SSSR count). The van der Waals surface area contributed by atoms with Crippen molar-refractivity contribution >= 4 is 62.5 Å². The van der Waals surface area contributed by atoms with Gasteiger partial charge in [0.1, 0.15) is 23.0 Å². The summed E-state index contributed by atoms with van der Waals surface area (Å²) in [4.78, 5) is 61.8. The lowest BCUT2D eigenvalue weighted by molar-refractivity contribution is -0.141. The zero-order chi connectivity index (χ0) is 37.8. The van der Waals surface area contributed by atoms with Crippen LogP contribution in [0, 0.1) is 36.0 Å². The lowest BCUT2D eigenvalue weighted by Crippen LogP contribution is -2.49. The molecule has 12 heteroatoms. The number of phenolic OH excluding ortho intramolecular Hbond substituents is 1. The molecule has 3 fully saturated rings. The highest BCUT2D eigenvalue weighted by atomic mass is 35.5. The second-order valence-electron chi connectivity index (χ2n) is 15.0. The first-order valence-corrected chi connectivity index (χ1v) is 19.2. The largest absolute Gasteiger partial charge is 0.508 e. The lowest BCUT2D eigenvalue weighted by Gasteiger charge is -2.49. The molecule has 2 aliphatic heterocycles. The number of aromatic hydroxyl groups is 1. The number of anilines is 1. The van der Waals surface area contributed by atoms with Gasteiger partial charge in [0, 0.05) is 34.3 Å². The van der Waals surface area contributed by atoms with Crippen LogP contribution in [-0.4, -0.2) is 50.5 Å². The topological polar surface area (TPSA) is 122 Å². The van der Waals surface area contributed by atoms with Crippen LogP contribution in [0.5, 0.6) is 11.5 Å². The van der Waals surface area contributed by atoms with E-state index in [1.807, 2.05) is 61.5 Å². The quantitative estimate of drug-likeness (QED) is 0.141. The number of benzene rings is 3. The highest BCUT2D eigenvalue weighted by Crippen LogP contribution is 2.65. The van der Waals surface area contributed by atoms with Crippen LogP contribution in [0.3, 0.4) is 0 Å². The number of hydrogen-bond donors (Lipinski definition) is 1. The van der Waals surface area contributed by atoms with Gasteiger partial charge in [-0.15, -0.1) is 11.3 Å². The maximum atomic E-state index is 15.2. The molecule has 10 nitrogen and oxygen atoms in total. The zero-order valence-electron chi connectivity index (χ0n) is 30.1. The Hall–Kier alpha value is -5.26. The molecule has 1 N–H and O–H groups in total. The van der Waals surface area contributed by atoms with Crippen LogP contribution >= 0.6 is 22.9 Å². The van der Waals surface area contributed by atoms with Crippen molar-refractivity contribution < 1.29 is 29.0 Å². The number of nitrogens with zero attached hydrogens (tertiary/aromatic N) is 4. The first-order chi connectivity index (χ1) is 25.9. The number of thiophene rings is 1. The van der Waals surface area contributed by atoms with Gasteiger partial charge in [-0.3, -0.25) is 28.8 Å². The predicted molar refractivity (Wildman–Crippen MR) is 205 cm³/mol. The second-order valence-corrected chi connectivity index (χ2v) is 16.5. The number of rotatable bonds is 6. The predicted octanol–water partition coefficient (Wildman–Crippen LogP) is 7.41. The van der Waals surface area contributed by atoms with Crippen molar-refractivity contribution in [2.75, 3.05) is 12.0 Å². The van der Waals surface area contributed by atoms with Crippen molar-refractivity contribution in [2.45, 2.75) is 39.2 Å². The maximum absolute atomic E-state index is 15.2. The summed E-state index contributed by atoms with van der Waals surface area (Å²) >= 11 is 7.88. The number of amides is 4. The summed E-state index contributed by atoms with van der Waals surface area (Å²) < 4.78 is 8.40. The fourth-order valence-electron chi connectivity index (χ4n) is 9.74. The van der Waals surface area contributed by atoms with E-state index in [0.29, 0.717) is 34.3 Å². The van der Waals surface area contributed by atoms with Gasteiger partial charge in [-0.2, -0.15) is 5.10 Å². The molecule has 3 aromatic carbocycles. The number of imide groups is 2. The van der Waals surface area contributed by atoms with Crippen LogP contribution in [0.2, 0.25) is 5.02 Å². The van der Waals surface area contributed by atoms with Gasteiger partial charge in [0.25, 0.3) is 0 Å². The van der Waals surface area contributed by atoms with E-state index in [4.69, 9.17) is 21.4 Å². The summed E-state index contributed by atoms with van der Waals surface area (Å²) in [6.45, 7) is 3.95. The summed E-state index contributed by atoms with van der Waals surface area (Å²) in [6, 6.07) is 21.9. The maximum Gasteiger partial charge on any atom is 0.242 e. The molecule has 6 atom stereocenters. The molecule has 274 valence electrons. The van der Waals surface area contributed by atoms with Crippen molar-refractivity contribution in [3.8, 4) is 22.1 Å². The Bertz CT molecular complexity index is 2470. The van der Waals surface area contributed by atoms with Crippen LogP contribution < -0.4 is 9.64 Å². The number of carbonyl (C=O) groups excluding carboxylic acids is 4. The first-order valence-electron chi connectivity index (χ1n) is 18.0. The molecule has 54 heavy (non-hydrogen) atoms. The number of carbonyl (C=O) groups is 4. The van der Waals surface area contributed by atoms with E-state index >= 15 is 4.79 Å². The number of aryl methyl sites for hydroxylation is 2. The minimum absolute atomic E-state index is 0.0793. The van der Waals surface area contributed by atoms with Crippen LogP contribution in [0.4, 0.5) is 5.82 Å². The van der Waals surface area contributed by atoms with Crippen molar-refractivity contribution in [2.24, 2.45) is 36.1 Å². The van der Waals surface area contributed by atoms with Crippen LogP contribution in [0.1, 0.15) is 42.4 Å². The van der Waals surface area contributed by atoms with E-state index in [-0.39, 0.29) is 30.5 Å². The fraction of sp³-hybridized carbons (Fsp3) is 0.310. The van der Waals surface area contributed by atoms with Gasteiger partial charge >= 0.3 is 0 Å². The molecule has 2 aliphatic carbocycles. The average molecular weight is 761 g/mol. The van der Waals surface area contributed by atoms with E-state index in [0.717, 1.165) is 31.7 Å². The van der Waals surface area contributed by atoms with E-state index in [9.17, 15) is 19.5 Å². The normalized spacial score (nSPS) is 26.3. The number of ether oxygens (including phenoxy) is 1. The highest BCUT2D eigenvalue weighted by Gasteiger charge is 2.68. The van der Waals surface area contributed by atoms with Crippen molar-refractivity contribution in [1.29, 1.82) is 0 Å². The molecular weight excluding hydrogens is 724 g/mol. The molecule has 0 unspecified atom stereocenters. The number of phenols is 1. The van der Waals surface area contributed by atoms with Crippen LogP contribution in [0.25, 0.3) is 20.7 Å². The fourth-order valence-corrected chi connectivity index (χ4v) is 11.1. The zero-order valence-corrected chi connectivity index (χ0v) is 31.6. The molecule has 4 aliphatic rings. The lowest BCUT2D eigenvalue weighted by atomic mass is 9.51. The molecule has 4 heterocycles. The Kier molecular flexibility index (Phi) is 7.92. The van der Waals surface area contributed by atoms with Crippen LogP contribution in [-0.2, 0) is 32.8 Å². The number of hydrogen-bond acceptors (Lipinski definition) is 8. The molecule has 2 saturated heterocycles. The van der Waals surface area contributed by atoms with Gasteiger partial charge in [-0.25, -0.2) is 4.90 Å². The number of allylic oxidation sites excluding steroid dienone is 2. The Morgan fingerprint density at radius 3 is 2.52 bits per heavy atom. The van der Waals surface area contributed by atoms with Gasteiger partial charge < -0.3 is 9.84 Å². The van der Waals surface area contributed by atoms with Crippen LogP contribution in [0.15, 0.2) is 84.4 Å². The standard InChI is InChI=1S/C42H37ClN4O6S/c1-21-26-17-23(43)13-16-32(26)54-37(21)29-19-33(45(3)44-29)47-39(50)28-18-27-24(36(42(28,2)41(47)52)35-30(48)11-8-12-31(35)53-4)14-15-25-34(27)40(51)46(38(25)49)20-22-9-6-5-7-10-22/h5-14,16-17,19,25,27-28,34,36,48H,15,18,20H2,1-4H3/t25-,27+,28-,34-,36+,42+/m0/s1. The van der Waals surface area contributed by atoms with E-state index in [1.165, 1.54) is 16.9 Å². The average Bonchev–Trinajstić information content (AvgIpc) is 3.83. The monoisotopic (exact) mass is 760 g/mol. The van der Waals surface area contributed by atoms with E-state index in [2.05, 4.69) is 0 Å². The minimum atomic E-state index is -1.37. The third kappa shape index (κ3) is 4.80. The Morgan fingerprint density at radius 1 is 0.981 bits per heavy atom. The molecule has 4 amide bonds. The Balaban J connectivity index is 1.16. The Morgan fingerprint density at radius 2 is 1.76 bits per heavy atom. The molecule has 2 aromatic heterocycles. The van der Waals surface area contributed by atoms with Crippen molar-refractivity contribution in [1.82, 2.24) is 14.7 Å². The van der Waals surface area contributed by atoms with Gasteiger partial charge in [-0.1, -0.05) is 59.6 Å².